The van der Waals surface area contributed by atoms with E-state index in [9.17, 15) is 13.2 Å². The first-order chi connectivity index (χ1) is 11.9. The standard InChI is InChI=1S/C18H26N2O4S/c1-2-12-25(22,23)20-16-7-4-3-6-15(16)17(21)19-14-8-11-24-18(13-14)9-5-10-18/h3-4,6-7,14,20H,2,5,8-13H2,1H3,(H,19,21). The van der Waals surface area contributed by atoms with Crippen LogP contribution in [0.4, 0.5) is 5.69 Å². The largest absolute Gasteiger partial charge is 0.375 e. The highest BCUT2D eigenvalue weighted by Gasteiger charge is 2.42. The van der Waals surface area contributed by atoms with E-state index in [1.165, 1.54) is 6.42 Å². The van der Waals surface area contributed by atoms with Gasteiger partial charge >= 0.3 is 0 Å². The molecule has 1 aliphatic heterocycles. The predicted octanol–water partition coefficient (Wildman–Crippen LogP) is 2.67. The molecule has 1 aromatic rings. The van der Waals surface area contributed by atoms with Crippen LogP contribution in [-0.2, 0) is 14.8 Å². The van der Waals surface area contributed by atoms with E-state index in [1.54, 1.807) is 31.2 Å². The Bertz CT molecular complexity index is 728. The number of nitrogens with one attached hydrogen (secondary N) is 2. The van der Waals surface area contributed by atoms with Crippen molar-refractivity contribution < 1.29 is 17.9 Å². The molecule has 0 bridgehead atoms. The Morgan fingerprint density at radius 2 is 2.08 bits per heavy atom. The summed E-state index contributed by atoms with van der Waals surface area (Å²) in [7, 11) is -3.44. The lowest BCUT2D eigenvalue weighted by Gasteiger charge is -2.47. The molecule has 0 radical (unpaired) electrons. The molecule has 1 saturated heterocycles. The van der Waals surface area contributed by atoms with E-state index in [0.717, 1.165) is 25.7 Å². The van der Waals surface area contributed by atoms with Crippen molar-refractivity contribution in [1.82, 2.24) is 5.32 Å². The lowest BCUT2D eigenvalue weighted by Crippen LogP contribution is -2.52. The lowest BCUT2D eigenvalue weighted by atomic mass is 9.74. The van der Waals surface area contributed by atoms with Crippen LogP contribution in [0.3, 0.4) is 0 Å². The van der Waals surface area contributed by atoms with E-state index in [1.807, 2.05) is 0 Å². The summed E-state index contributed by atoms with van der Waals surface area (Å²) in [6.45, 7) is 2.47. The number of sulfonamides is 1. The molecule has 1 aliphatic carbocycles. The molecule has 1 heterocycles. The normalized spacial score (nSPS) is 22.2. The van der Waals surface area contributed by atoms with Gasteiger partial charge in [0, 0.05) is 12.6 Å². The smallest absolute Gasteiger partial charge is 0.253 e. The third kappa shape index (κ3) is 4.33. The first-order valence-corrected chi connectivity index (χ1v) is 10.6. The topological polar surface area (TPSA) is 84.5 Å². The van der Waals surface area contributed by atoms with Gasteiger partial charge in [0.05, 0.1) is 22.6 Å². The molecule has 3 rings (SSSR count). The highest BCUT2D eigenvalue weighted by Crippen LogP contribution is 2.42. The predicted molar refractivity (Wildman–Crippen MR) is 97.2 cm³/mol. The van der Waals surface area contributed by atoms with Gasteiger partial charge in [0.1, 0.15) is 0 Å². The quantitative estimate of drug-likeness (QED) is 0.811. The number of hydrogen-bond acceptors (Lipinski definition) is 4. The van der Waals surface area contributed by atoms with Crippen LogP contribution >= 0.6 is 0 Å². The van der Waals surface area contributed by atoms with Crippen molar-refractivity contribution in [3.05, 3.63) is 29.8 Å². The minimum absolute atomic E-state index is 0.0332. The van der Waals surface area contributed by atoms with Gasteiger partial charge in [-0.1, -0.05) is 19.1 Å². The van der Waals surface area contributed by atoms with Crippen molar-refractivity contribution in [2.45, 2.75) is 57.1 Å². The molecule has 6 nitrogen and oxygen atoms in total. The summed E-state index contributed by atoms with van der Waals surface area (Å²) in [6, 6.07) is 6.81. The van der Waals surface area contributed by atoms with E-state index in [2.05, 4.69) is 10.0 Å². The van der Waals surface area contributed by atoms with Crippen molar-refractivity contribution in [2.24, 2.45) is 0 Å². The Balaban J connectivity index is 1.70. The lowest BCUT2D eigenvalue weighted by molar-refractivity contribution is -0.134. The van der Waals surface area contributed by atoms with Crippen molar-refractivity contribution in [2.75, 3.05) is 17.1 Å². The van der Waals surface area contributed by atoms with Crippen molar-refractivity contribution >= 4 is 21.6 Å². The molecule has 1 spiro atoms. The van der Waals surface area contributed by atoms with Gasteiger partial charge in [-0.05, 0) is 50.7 Å². The van der Waals surface area contributed by atoms with E-state index in [4.69, 9.17) is 4.74 Å². The van der Waals surface area contributed by atoms with Crippen LogP contribution < -0.4 is 10.0 Å². The van der Waals surface area contributed by atoms with Gasteiger partial charge in [-0.25, -0.2) is 8.42 Å². The number of anilines is 1. The van der Waals surface area contributed by atoms with Crippen LogP contribution in [-0.4, -0.2) is 38.3 Å². The van der Waals surface area contributed by atoms with Gasteiger partial charge in [0.15, 0.2) is 0 Å². The van der Waals surface area contributed by atoms with Crippen LogP contribution in [0.15, 0.2) is 24.3 Å². The van der Waals surface area contributed by atoms with Crippen LogP contribution in [0.5, 0.6) is 0 Å². The maximum Gasteiger partial charge on any atom is 0.253 e. The van der Waals surface area contributed by atoms with E-state index in [0.29, 0.717) is 24.3 Å². The summed E-state index contributed by atoms with van der Waals surface area (Å²) >= 11 is 0. The third-order valence-electron chi connectivity index (χ3n) is 5.00. The summed E-state index contributed by atoms with van der Waals surface area (Å²) in [5.74, 6) is -0.206. The first-order valence-electron chi connectivity index (χ1n) is 8.97. The summed E-state index contributed by atoms with van der Waals surface area (Å²) in [5.41, 5.74) is 0.647. The molecule has 0 aromatic heterocycles. The number of carbonyl (C=O) groups excluding carboxylic acids is 1. The summed E-state index contributed by atoms with van der Waals surface area (Å²) < 4.78 is 32.5. The first kappa shape index (κ1) is 18.2. The molecule has 1 aromatic carbocycles. The minimum Gasteiger partial charge on any atom is -0.375 e. The van der Waals surface area contributed by atoms with Crippen LogP contribution in [0, 0.1) is 0 Å². The van der Waals surface area contributed by atoms with Crippen molar-refractivity contribution in [3.8, 4) is 0 Å². The maximum absolute atomic E-state index is 12.7. The zero-order valence-corrected chi connectivity index (χ0v) is 15.4. The van der Waals surface area contributed by atoms with E-state index >= 15 is 0 Å². The summed E-state index contributed by atoms with van der Waals surface area (Å²) in [5, 5.41) is 3.06. The average Bonchev–Trinajstić information content (AvgIpc) is 2.53. The summed E-state index contributed by atoms with van der Waals surface area (Å²) in [6.07, 6.45) is 5.45. The molecular weight excluding hydrogens is 340 g/mol. The fourth-order valence-corrected chi connectivity index (χ4v) is 4.74. The van der Waals surface area contributed by atoms with Gasteiger partial charge in [-0.15, -0.1) is 0 Å². The highest BCUT2D eigenvalue weighted by molar-refractivity contribution is 7.92. The highest BCUT2D eigenvalue weighted by atomic mass is 32.2. The van der Waals surface area contributed by atoms with E-state index in [-0.39, 0.29) is 23.3 Å². The molecule has 1 saturated carbocycles. The number of amides is 1. The Morgan fingerprint density at radius 1 is 1.32 bits per heavy atom. The number of para-hydroxylation sites is 1. The fourth-order valence-electron chi connectivity index (χ4n) is 3.59. The monoisotopic (exact) mass is 366 g/mol. The molecular formula is C18H26N2O4S. The molecule has 138 valence electrons. The Morgan fingerprint density at radius 3 is 2.76 bits per heavy atom. The molecule has 7 heteroatoms. The fraction of sp³-hybridized carbons (Fsp3) is 0.611. The van der Waals surface area contributed by atoms with Gasteiger partial charge < -0.3 is 10.1 Å². The second kappa shape index (κ2) is 7.33. The Labute approximate surface area is 149 Å². The van der Waals surface area contributed by atoms with Gasteiger partial charge in [-0.2, -0.15) is 0 Å². The summed E-state index contributed by atoms with van der Waals surface area (Å²) in [4.78, 5) is 12.7. The molecule has 25 heavy (non-hydrogen) atoms. The van der Waals surface area contributed by atoms with Crippen LogP contribution in [0.25, 0.3) is 0 Å². The molecule has 2 N–H and O–H groups in total. The number of ether oxygens (including phenoxy) is 1. The molecule has 2 aliphatic rings. The van der Waals surface area contributed by atoms with Gasteiger partial charge in [0.25, 0.3) is 5.91 Å². The second-order valence-electron chi connectivity index (χ2n) is 7.01. The van der Waals surface area contributed by atoms with Crippen LogP contribution in [0.2, 0.25) is 0 Å². The zero-order valence-electron chi connectivity index (χ0n) is 14.6. The average molecular weight is 366 g/mol. The van der Waals surface area contributed by atoms with Crippen molar-refractivity contribution in [1.29, 1.82) is 0 Å². The molecule has 1 amide bonds. The number of hydrogen-bond donors (Lipinski definition) is 2. The van der Waals surface area contributed by atoms with Crippen LogP contribution in [0.1, 0.15) is 55.8 Å². The molecule has 1 unspecified atom stereocenters. The maximum atomic E-state index is 12.7. The molecule has 2 fully saturated rings. The second-order valence-corrected chi connectivity index (χ2v) is 8.86. The molecule has 1 atom stereocenters. The third-order valence-corrected chi connectivity index (χ3v) is 6.48. The van der Waals surface area contributed by atoms with Gasteiger partial charge in [-0.3, -0.25) is 9.52 Å². The number of benzene rings is 1. The number of rotatable bonds is 6. The Kier molecular flexibility index (Phi) is 5.34. The SMILES string of the molecule is CCCS(=O)(=O)Nc1ccccc1C(=O)NC1CCOC2(CCC2)C1. The minimum atomic E-state index is -3.44. The van der Waals surface area contributed by atoms with Gasteiger partial charge in [0.2, 0.25) is 10.0 Å². The Hall–Kier alpha value is -1.60. The zero-order chi connectivity index (χ0) is 17.9. The number of carbonyl (C=O) groups is 1. The van der Waals surface area contributed by atoms with E-state index < -0.39 is 10.0 Å². The van der Waals surface area contributed by atoms with Crippen molar-refractivity contribution in [3.63, 3.8) is 0 Å².